The normalized spacial score (nSPS) is 21.7. The van der Waals surface area contributed by atoms with Crippen molar-refractivity contribution in [3.63, 3.8) is 0 Å². The van der Waals surface area contributed by atoms with Gasteiger partial charge in [0.25, 0.3) is 5.91 Å². The summed E-state index contributed by atoms with van der Waals surface area (Å²) in [5, 5.41) is 11.1. The first-order valence-electron chi connectivity index (χ1n) is 8.95. The Balaban J connectivity index is 1.79. The molecule has 1 fully saturated rings. The van der Waals surface area contributed by atoms with Gasteiger partial charge in [0.05, 0.1) is 0 Å². The topological polar surface area (TPSA) is 76.6 Å². The number of likely N-dealkylation sites (N-methyl/N-ethyl adjacent to an activating group) is 1. The number of aryl methyl sites for hydroxylation is 1. The number of imide groups is 1. The fourth-order valence-electron chi connectivity index (χ4n) is 4.41. The second-order valence-corrected chi connectivity index (χ2v) is 7.37. The molecule has 0 saturated carbocycles. The molecule has 3 amide bonds. The molecule has 2 atom stereocenters. The largest absolute Gasteiger partial charge is 0.508 e. The molecule has 2 aliphatic rings. The average molecular weight is 361 g/mol. The number of amides is 3. The molecule has 5 rings (SSSR count). The number of aromatic hydroxyl groups is 1. The van der Waals surface area contributed by atoms with E-state index in [0.717, 1.165) is 33.3 Å². The van der Waals surface area contributed by atoms with Crippen LogP contribution in [0.5, 0.6) is 5.75 Å². The zero-order valence-corrected chi connectivity index (χ0v) is 15.1. The second-order valence-electron chi connectivity index (χ2n) is 7.37. The highest BCUT2D eigenvalue weighted by atomic mass is 16.3. The van der Waals surface area contributed by atoms with Gasteiger partial charge in [-0.15, -0.1) is 0 Å². The molecule has 0 bridgehead atoms. The number of phenols is 1. The van der Waals surface area contributed by atoms with Crippen LogP contribution in [-0.4, -0.2) is 44.9 Å². The van der Waals surface area contributed by atoms with Gasteiger partial charge < -0.3 is 10.1 Å². The monoisotopic (exact) mass is 361 g/mol. The zero-order chi connectivity index (χ0) is 18.9. The smallest absolute Gasteiger partial charge is 0.328 e. The molecule has 2 aromatic carbocycles. The SMILES string of the molecule is Cc1ccc2[nH]c3c(c2c1)CC1C(=O)N(C)C(=O)N1C3c1cccc(O)c1. The number of benzene rings is 2. The highest BCUT2D eigenvalue weighted by molar-refractivity contribution is 6.05. The molecular weight excluding hydrogens is 342 g/mol. The molecule has 2 unspecified atom stereocenters. The summed E-state index contributed by atoms with van der Waals surface area (Å²) < 4.78 is 0. The van der Waals surface area contributed by atoms with Gasteiger partial charge in [-0.25, -0.2) is 4.79 Å². The third-order valence-corrected chi connectivity index (χ3v) is 5.69. The first-order valence-corrected chi connectivity index (χ1v) is 8.95. The van der Waals surface area contributed by atoms with E-state index in [9.17, 15) is 14.7 Å². The number of nitrogens with one attached hydrogen (secondary N) is 1. The van der Waals surface area contributed by atoms with E-state index in [1.165, 1.54) is 11.9 Å². The predicted octanol–water partition coefficient (Wildman–Crippen LogP) is 3.09. The molecule has 27 heavy (non-hydrogen) atoms. The van der Waals surface area contributed by atoms with Crippen molar-refractivity contribution >= 4 is 22.8 Å². The van der Waals surface area contributed by atoms with E-state index in [1.54, 1.807) is 23.1 Å². The van der Waals surface area contributed by atoms with E-state index in [0.29, 0.717) is 6.42 Å². The van der Waals surface area contributed by atoms with Gasteiger partial charge in [-0.3, -0.25) is 14.6 Å². The molecule has 6 nitrogen and oxygen atoms in total. The van der Waals surface area contributed by atoms with Crippen molar-refractivity contribution in [1.29, 1.82) is 0 Å². The summed E-state index contributed by atoms with van der Waals surface area (Å²) in [6, 6.07) is 11.8. The number of aromatic amines is 1. The second kappa shape index (κ2) is 5.36. The molecule has 1 saturated heterocycles. The van der Waals surface area contributed by atoms with Gasteiger partial charge in [-0.1, -0.05) is 23.8 Å². The maximum absolute atomic E-state index is 12.9. The van der Waals surface area contributed by atoms with Crippen molar-refractivity contribution in [1.82, 2.24) is 14.8 Å². The molecule has 0 spiro atoms. The molecule has 136 valence electrons. The van der Waals surface area contributed by atoms with Crippen molar-refractivity contribution < 1.29 is 14.7 Å². The van der Waals surface area contributed by atoms with E-state index in [1.807, 2.05) is 25.1 Å². The van der Waals surface area contributed by atoms with Crippen LogP contribution in [0, 0.1) is 6.92 Å². The lowest BCUT2D eigenvalue weighted by Gasteiger charge is -2.36. The number of nitrogens with zero attached hydrogens (tertiary/aromatic N) is 2. The molecule has 3 aromatic rings. The quantitative estimate of drug-likeness (QED) is 0.654. The number of carbonyl (C=O) groups is 2. The standard InChI is InChI=1S/C21H19N3O3/c1-11-6-7-16-14(8-11)15-10-17-20(26)23(2)21(27)24(17)19(18(15)22-16)12-4-3-5-13(25)9-12/h3-9,17,19,22,25H,10H2,1-2H3. The number of hydrogen-bond acceptors (Lipinski definition) is 3. The Labute approximate surface area is 156 Å². The van der Waals surface area contributed by atoms with E-state index >= 15 is 0 Å². The highest BCUT2D eigenvalue weighted by Gasteiger charge is 2.51. The molecule has 2 N–H and O–H groups in total. The highest BCUT2D eigenvalue weighted by Crippen LogP contribution is 2.44. The van der Waals surface area contributed by atoms with Crippen LogP contribution in [0.1, 0.15) is 28.4 Å². The Morgan fingerprint density at radius 1 is 1.15 bits per heavy atom. The predicted molar refractivity (Wildman–Crippen MR) is 100 cm³/mol. The van der Waals surface area contributed by atoms with E-state index in [-0.39, 0.29) is 17.7 Å². The van der Waals surface area contributed by atoms with Crippen molar-refractivity contribution in [3.8, 4) is 5.75 Å². The number of fused-ring (bicyclic) bond motifs is 4. The Hall–Kier alpha value is -3.28. The fraction of sp³-hybridized carbons (Fsp3) is 0.238. The van der Waals surface area contributed by atoms with Crippen LogP contribution in [0.2, 0.25) is 0 Å². The molecule has 0 aliphatic carbocycles. The van der Waals surface area contributed by atoms with Crippen LogP contribution in [0.15, 0.2) is 42.5 Å². The minimum absolute atomic E-state index is 0.134. The van der Waals surface area contributed by atoms with Crippen LogP contribution >= 0.6 is 0 Å². The molecule has 0 radical (unpaired) electrons. The van der Waals surface area contributed by atoms with Gasteiger partial charge in [-0.2, -0.15) is 0 Å². The maximum Gasteiger partial charge on any atom is 0.328 e. The number of phenolic OH excluding ortho intramolecular Hbond substituents is 1. The number of carbonyl (C=O) groups excluding carboxylic acids is 2. The molecule has 2 aliphatic heterocycles. The van der Waals surface area contributed by atoms with Crippen molar-refractivity contribution in [2.45, 2.75) is 25.4 Å². The third-order valence-electron chi connectivity index (χ3n) is 5.69. The number of H-pyrrole nitrogens is 1. The van der Waals surface area contributed by atoms with E-state index < -0.39 is 12.1 Å². The van der Waals surface area contributed by atoms with Crippen LogP contribution in [0.3, 0.4) is 0 Å². The summed E-state index contributed by atoms with van der Waals surface area (Å²) in [4.78, 5) is 31.9. The fourth-order valence-corrected chi connectivity index (χ4v) is 4.41. The minimum Gasteiger partial charge on any atom is -0.508 e. The van der Waals surface area contributed by atoms with Crippen LogP contribution < -0.4 is 0 Å². The summed E-state index contributed by atoms with van der Waals surface area (Å²) in [5.74, 6) is -0.0488. The van der Waals surface area contributed by atoms with Gasteiger partial charge in [0, 0.05) is 30.1 Å². The average Bonchev–Trinajstić information content (AvgIpc) is 3.11. The Kier molecular flexibility index (Phi) is 3.16. The molecule has 6 heteroatoms. The first-order chi connectivity index (χ1) is 13.0. The zero-order valence-electron chi connectivity index (χ0n) is 15.1. The molecular formula is C21H19N3O3. The Morgan fingerprint density at radius 2 is 1.96 bits per heavy atom. The van der Waals surface area contributed by atoms with Crippen molar-refractivity contribution in [2.24, 2.45) is 0 Å². The summed E-state index contributed by atoms with van der Waals surface area (Å²) in [7, 11) is 1.53. The third kappa shape index (κ3) is 2.13. The van der Waals surface area contributed by atoms with Crippen LogP contribution in [0.4, 0.5) is 4.79 Å². The number of urea groups is 1. The maximum atomic E-state index is 12.9. The lowest BCUT2D eigenvalue weighted by atomic mass is 9.88. The lowest BCUT2D eigenvalue weighted by molar-refractivity contribution is -0.127. The molecule has 1 aromatic heterocycles. The summed E-state index contributed by atoms with van der Waals surface area (Å²) in [6.07, 6.45) is 0.489. The van der Waals surface area contributed by atoms with Gasteiger partial charge >= 0.3 is 6.03 Å². The minimum atomic E-state index is -0.526. The van der Waals surface area contributed by atoms with Gasteiger partial charge in [0.1, 0.15) is 17.8 Å². The van der Waals surface area contributed by atoms with Gasteiger partial charge in [-0.05, 0) is 42.3 Å². The van der Waals surface area contributed by atoms with E-state index in [2.05, 4.69) is 11.1 Å². The van der Waals surface area contributed by atoms with E-state index in [4.69, 9.17) is 0 Å². The van der Waals surface area contributed by atoms with Crippen molar-refractivity contribution in [3.05, 3.63) is 64.8 Å². The van der Waals surface area contributed by atoms with Gasteiger partial charge in [0.2, 0.25) is 0 Å². The summed E-state index contributed by atoms with van der Waals surface area (Å²) >= 11 is 0. The number of aromatic nitrogens is 1. The summed E-state index contributed by atoms with van der Waals surface area (Å²) in [6.45, 7) is 2.04. The number of rotatable bonds is 1. The van der Waals surface area contributed by atoms with Crippen LogP contribution in [-0.2, 0) is 11.2 Å². The lowest BCUT2D eigenvalue weighted by Crippen LogP contribution is -2.44. The Morgan fingerprint density at radius 3 is 2.74 bits per heavy atom. The summed E-state index contributed by atoms with van der Waals surface area (Å²) in [5.41, 5.74) is 4.89. The Bertz CT molecular complexity index is 1120. The van der Waals surface area contributed by atoms with Gasteiger partial charge in [0.15, 0.2) is 0 Å². The first kappa shape index (κ1) is 15.9. The van der Waals surface area contributed by atoms with Crippen LogP contribution in [0.25, 0.3) is 10.9 Å². The molecule has 3 heterocycles. The van der Waals surface area contributed by atoms with Crippen molar-refractivity contribution in [2.75, 3.05) is 7.05 Å². The number of hydrogen-bond donors (Lipinski definition) is 2.